The number of oxime groups is 1. The molecule has 2 rings (SSSR count). The topological polar surface area (TPSA) is 35.8 Å². The molecule has 3 heteroatoms. The lowest BCUT2D eigenvalue weighted by Crippen LogP contribution is -2.33. The van der Waals surface area contributed by atoms with Crippen LogP contribution in [0, 0.1) is 0 Å². The molecule has 3 nitrogen and oxygen atoms in total. The minimum absolute atomic E-state index is 0.699. The van der Waals surface area contributed by atoms with Crippen molar-refractivity contribution in [2.24, 2.45) is 5.16 Å². The van der Waals surface area contributed by atoms with Gasteiger partial charge in [-0.05, 0) is 6.42 Å². The molecule has 0 fully saturated rings. The Balaban J connectivity index is 2.04. The maximum atomic E-state index is 9.05. The maximum Gasteiger partial charge on any atom is 0.101 e. The van der Waals surface area contributed by atoms with Crippen molar-refractivity contribution in [1.29, 1.82) is 0 Å². The number of nitrogens with zero attached hydrogens (tertiary/aromatic N) is 2. The molecule has 0 amide bonds. The van der Waals surface area contributed by atoms with E-state index >= 15 is 0 Å². The van der Waals surface area contributed by atoms with Crippen LogP contribution in [0.4, 0.5) is 0 Å². The summed E-state index contributed by atoms with van der Waals surface area (Å²) in [5, 5.41) is 12.5. The Labute approximate surface area is 95.7 Å². The highest BCUT2D eigenvalue weighted by Crippen LogP contribution is 2.06. The van der Waals surface area contributed by atoms with Crippen molar-refractivity contribution < 1.29 is 5.21 Å². The zero-order valence-electron chi connectivity index (χ0n) is 9.21. The third-order valence-electron chi connectivity index (χ3n) is 2.74. The highest BCUT2D eigenvalue weighted by molar-refractivity contribution is 6.01. The second kappa shape index (κ2) is 5.47. The Kier molecular flexibility index (Phi) is 3.72. The molecule has 1 aliphatic rings. The van der Waals surface area contributed by atoms with Crippen molar-refractivity contribution in [2.75, 3.05) is 19.6 Å². The summed E-state index contributed by atoms with van der Waals surface area (Å²) < 4.78 is 0. The number of hydrogen-bond donors (Lipinski definition) is 1. The van der Waals surface area contributed by atoms with E-state index in [1.54, 1.807) is 0 Å². The summed E-state index contributed by atoms with van der Waals surface area (Å²) in [5.74, 6) is 0. The van der Waals surface area contributed by atoms with Gasteiger partial charge < -0.3 is 5.21 Å². The Hall–Kier alpha value is -1.61. The Morgan fingerprint density at radius 1 is 1.25 bits per heavy atom. The fourth-order valence-corrected chi connectivity index (χ4v) is 1.86. The van der Waals surface area contributed by atoms with Gasteiger partial charge in [0, 0.05) is 25.2 Å². The molecule has 0 unspecified atom stereocenters. The van der Waals surface area contributed by atoms with Crippen LogP contribution in [0.3, 0.4) is 0 Å². The van der Waals surface area contributed by atoms with Gasteiger partial charge in [0.05, 0.1) is 0 Å². The van der Waals surface area contributed by atoms with E-state index in [1.807, 2.05) is 30.3 Å². The van der Waals surface area contributed by atoms with Crippen LogP contribution < -0.4 is 0 Å². The van der Waals surface area contributed by atoms with Gasteiger partial charge in [-0.1, -0.05) is 47.6 Å². The molecular formula is C13H16N2O. The van der Waals surface area contributed by atoms with Gasteiger partial charge in [-0.25, -0.2) is 0 Å². The van der Waals surface area contributed by atoms with E-state index in [0.29, 0.717) is 6.54 Å². The zero-order chi connectivity index (χ0) is 11.2. The highest BCUT2D eigenvalue weighted by atomic mass is 16.4. The van der Waals surface area contributed by atoms with Crippen molar-refractivity contribution in [1.82, 2.24) is 4.90 Å². The molecule has 0 aliphatic carbocycles. The van der Waals surface area contributed by atoms with Crippen LogP contribution in [-0.2, 0) is 0 Å². The molecule has 16 heavy (non-hydrogen) atoms. The van der Waals surface area contributed by atoms with Gasteiger partial charge >= 0.3 is 0 Å². The molecule has 0 radical (unpaired) electrons. The SMILES string of the molecule is O/N=C(/CN1CC=CCC1)c1ccccc1. The Morgan fingerprint density at radius 2 is 2.06 bits per heavy atom. The van der Waals surface area contributed by atoms with Crippen LogP contribution >= 0.6 is 0 Å². The van der Waals surface area contributed by atoms with E-state index in [4.69, 9.17) is 5.21 Å². The molecule has 0 aromatic heterocycles. The summed E-state index contributed by atoms with van der Waals surface area (Å²) in [6.45, 7) is 2.67. The molecule has 0 bridgehead atoms. The lowest BCUT2D eigenvalue weighted by Gasteiger charge is -2.23. The van der Waals surface area contributed by atoms with E-state index in [1.165, 1.54) is 0 Å². The van der Waals surface area contributed by atoms with Crippen LogP contribution in [0.15, 0.2) is 47.6 Å². The summed E-state index contributed by atoms with van der Waals surface area (Å²) in [6.07, 6.45) is 5.42. The number of hydrogen-bond acceptors (Lipinski definition) is 3. The monoisotopic (exact) mass is 216 g/mol. The van der Waals surface area contributed by atoms with Gasteiger partial charge in [0.15, 0.2) is 0 Å². The summed E-state index contributed by atoms with van der Waals surface area (Å²) in [5.41, 5.74) is 1.72. The van der Waals surface area contributed by atoms with Crippen molar-refractivity contribution in [3.05, 3.63) is 48.0 Å². The molecule has 1 aliphatic heterocycles. The predicted molar refractivity (Wildman–Crippen MR) is 65.0 cm³/mol. The lowest BCUT2D eigenvalue weighted by molar-refractivity contribution is 0.304. The summed E-state index contributed by atoms with van der Waals surface area (Å²) >= 11 is 0. The molecule has 84 valence electrons. The van der Waals surface area contributed by atoms with Gasteiger partial charge in [-0.3, -0.25) is 4.90 Å². The quantitative estimate of drug-likeness (QED) is 0.363. The molecule has 0 saturated carbocycles. The van der Waals surface area contributed by atoms with E-state index in [2.05, 4.69) is 22.2 Å². The largest absolute Gasteiger partial charge is 0.411 e. The first-order valence-electron chi connectivity index (χ1n) is 5.54. The van der Waals surface area contributed by atoms with Gasteiger partial charge in [0.1, 0.15) is 5.71 Å². The normalized spacial score (nSPS) is 17.6. The third kappa shape index (κ3) is 2.70. The Morgan fingerprint density at radius 3 is 2.69 bits per heavy atom. The second-order valence-corrected chi connectivity index (χ2v) is 3.91. The van der Waals surface area contributed by atoms with Gasteiger partial charge in [0.25, 0.3) is 0 Å². The first kappa shape index (κ1) is 10.9. The molecule has 1 aromatic rings. The average Bonchev–Trinajstić information content (AvgIpc) is 2.38. The maximum absolute atomic E-state index is 9.05. The minimum atomic E-state index is 0.699. The predicted octanol–water partition coefficient (Wildman–Crippen LogP) is 2.13. The average molecular weight is 216 g/mol. The standard InChI is InChI=1S/C13H16N2O/c16-14-13(12-7-3-1-4-8-12)11-15-9-5-2-6-10-15/h1-5,7-8,16H,6,9-11H2/b14-13-. The molecule has 1 heterocycles. The first-order chi connectivity index (χ1) is 7.90. The van der Waals surface area contributed by atoms with Crippen molar-refractivity contribution in [3.8, 4) is 0 Å². The lowest BCUT2D eigenvalue weighted by atomic mass is 10.1. The second-order valence-electron chi connectivity index (χ2n) is 3.91. The molecule has 1 N–H and O–H groups in total. The van der Waals surface area contributed by atoms with Gasteiger partial charge in [-0.2, -0.15) is 0 Å². The van der Waals surface area contributed by atoms with Crippen LogP contribution in [0.2, 0.25) is 0 Å². The van der Waals surface area contributed by atoms with Crippen LogP contribution in [0.25, 0.3) is 0 Å². The minimum Gasteiger partial charge on any atom is -0.411 e. The molecule has 1 aromatic carbocycles. The van der Waals surface area contributed by atoms with Crippen molar-refractivity contribution >= 4 is 5.71 Å². The van der Waals surface area contributed by atoms with Crippen molar-refractivity contribution in [2.45, 2.75) is 6.42 Å². The van der Waals surface area contributed by atoms with Crippen LogP contribution in [0.1, 0.15) is 12.0 Å². The van der Waals surface area contributed by atoms with Crippen molar-refractivity contribution in [3.63, 3.8) is 0 Å². The van der Waals surface area contributed by atoms with Crippen LogP contribution in [0.5, 0.6) is 0 Å². The van der Waals surface area contributed by atoms with E-state index in [0.717, 1.165) is 30.8 Å². The van der Waals surface area contributed by atoms with E-state index in [-0.39, 0.29) is 0 Å². The third-order valence-corrected chi connectivity index (χ3v) is 2.74. The van der Waals surface area contributed by atoms with E-state index in [9.17, 15) is 0 Å². The smallest absolute Gasteiger partial charge is 0.101 e. The Bertz CT molecular complexity index is 384. The molecule has 0 spiro atoms. The van der Waals surface area contributed by atoms with Crippen LogP contribution in [-0.4, -0.2) is 35.5 Å². The summed E-state index contributed by atoms with van der Waals surface area (Å²) in [4.78, 5) is 2.27. The zero-order valence-corrected chi connectivity index (χ0v) is 9.21. The summed E-state index contributed by atoms with van der Waals surface area (Å²) in [6, 6.07) is 9.80. The molecule has 0 saturated heterocycles. The first-order valence-corrected chi connectivity index (χ1v) is 5.54. The highest BCUT2D eigenvalue weighted by Gasteiger charge is 2.11. The van der Waals surface area contributed by atoms with Gasteiger partial charge in [0.2, 0.25) is 0 Å². The van der Waals surface area contributed by atoms with E-state index < -0.39 is 0 Å². The molecule has 0 atom stereocenters. The fourth-order valence-electron chi connectivity index (χ4n) is 1.86. The van der Waals surface area contributed by atoms with Gasteiger partial charge in [-0.15, -0.1) is 0 Å². The number of rotatable bonds is 3. The summed E-state index contributed by atoms with van der Waals surface area (Å²) in [7, 11) is 0. The fraction of sp³-hybridized carbons (Fsp3) is 0.308. The number of benzene rings is 1. The molecular weight excluding hydrogens is 200 g/mol.